The number of hydrogen-bond donors (Lipinski definition) is 0. The Labute approximate surface area is 107 Å². The maximum Gasteiger partial charge on any atom is 0.419 e. The van der Waals surface area contributed by atoms with Gasteiger partial charge in [-0.15, -0.1) is 0 Å². The van der Waals surface area contributed by atoms with Gasteiger partial charge in [-0.3, -0.25) is 0 Å². The van der Waals surface area contributed by atoms with Gasteiger partial charge in [0.25, 0.3) is 0 Å². The van der Waals surface area contributed by atoms with E-state index < -0.39 is 17.6 Å². The summed E-state index contributed by atoms with van der Waals surface area (Å²) in [6.07, 6.45) is -4.71. The maximum atomic E-state index is 13.2. The summed E-state index contributed by atoms with van der Waals surface area (Å²) in [5.41, 5.74) is -0.453. The van der Waals surface area contributed by atoms with E-state index in [0.29, 0.717) is 11.3 Å². The minimum atomic E-state index is -4.71. The zero-order valence-corrected chi connectivity index (χ0v) is 9.96. The Hall–Kier alpha value is -2.04. The molecule has 2 aromatic carbocycles. The molecule has 0 saturated carbocycles. The Bertz CT molecular complexity index is 590. The highest BCUT2D eigenvalue weighted by Crippen LogP contribution is 2.34. The van der Waals surface area contributed by atoms with Crippen molar-refractivity contribution in [2.45, 2.75) is 6.18 Å². The third-order valence-electron chi connectivity index (χ3n) is 2.67. The summed E-state index contributed by atoms with van der Waals surface area (Å²) >= 11 is 0. The minimum Gasteiger partial charge on any atom is -0.497 e. The van der Waals surface area contributed by atoms with Crippen LogP contribution in [0.15, 0.2) is 42.5 Å². The van der Waals surface area contributed by atoms with E-state index in [2.05, 4.69) is 0 Å². The molecule has 0 aromatic heterocycles. The Morgan fingerprint density at radius 3 is 2.26 bits per heavy atom. The monoisotopic (exact) mass is 270 g/mol. The topological polar surface area (TPSA) is 9.23 Å². The maximum absolute atomic E-state index is 13.2. The molecule has 1 nitrogen and oxygen atoms in total. The van der Waals surface area contributed by atoms with Crippen LogP contribution in [0, 0.1) is 5.82 Å². The standard InChI is InChI=1S/C14H10F4O/c1-19-11-4-2-3-9(7-11)10-5-6-13(15)12(8-10)14(16,17)18/h2-8H,1H3. The van der Waals surface area contributed by atoms with Gasteiger partial charge in [-0.2, -0.15) is 13.2 Å². The van der Waals surface area contributed by atoms with Gasteiger partial charge in [0.2, 0.25) is 0 Å². The summed E-state index contributed by atoms with van der Waals surface area (Å²) in [6, 6.07) is 9.48. The van der Waals surface area contributed by atoms with Crippen LogP contribution in [0.3, 0.4) is 0 Å². The Kier molecular flexibility index (Phi) is 3.46. The number of ether oxygens (including phenoxy) is 1. The number of alkyl halides is 3. The molecular formula is C14H10F4O. The number of halogens is 4. The van der Waals surface area contributed by atoms with Gasteiger partial charge in [-0.1, -0.05) is 18.2 Å². The molecule has 0 aliphatic rings. The van der Waals surface area contributed by atoms with Crippen molar-refractivity contribution in [2.75, 3.05) is 7.11 Å². The van der Waals surface area contributed by atoms with Crippen LogP contribution in [0.5, 0.6) is 5.75 Å². The van der Waals surface area contributed by atoms with E-state index in [1.54, 1.807) is 24.3 Å². The minimum absolute atomic E-state index is 0.285. The Morgan fingerprint density at radius 2 is 1.63 bits per heavy atom. The molecule has 0 N–H and O–H groups in total. The van der Waals surface area contributed by atoms with Crippen molar-refractivity contribution in [2.24, 2.45) is 0 Å². The van der Waals surface area contributed by atoms with Crippen molar-refractivity contribution < 1.29 is 22.3 Å². The molecule has 2 aromatic rings. The van der Waals surface area contributed by atoms with Crippen LogP contribution in [-0.4, -0.2) is 7.11 Å². The molecule has 0 aliphatic carbocycles. The number of rotatable bonds is 2. The molecule has 0 radical (unpaired) electrons. The SMILES string of the molecule is COc1cccc(-c2ccc(F)c(C(F)(F)F)c2)c1. The molecule has 19 heavy (non-hydrogen) atoms. The van der Waals surface area contributed by atoms with Crippen molar-refractivity contribution in [3.63, 3.8) is 0 Å². The molecule has 0 heterocycles. The van der Waals surface area contributed by atoms with E-state index in [-0.39, 0.29) is 5.56 Å². The fourth-order valence-corrected chi connectivity index (χ4v) is 1.72. The Balaban J connectivity index is 2.51. The molecule has 0 unspecified atom stereocenters. The molecule has 100 valence electrons. The first-order valence-electron chi connectivity index (χ1n) is 5.43. The zero-order valence-electron chi connectivity index (χ0n) is 9.96. The van der Waals surface area contributed by atoms with Gasteiger partial charge in [0.15, 0.2) is 0 Å². The fraction of sp³-hybridized carbons (Fsp3) is 0.143. The van der Waals surface area contributed by atoms with Crippen LogP contribution in [-0.2, 0) is 6.18 Å². The smallest absolute Gasteiger partial charge is 0.419 e. The molecule has 0 fully saturated rings. The summed E-state index contributed by atoms with van der Waals surface area (Å²) in [5.74, 6) is -0.755. The van der Waals surface area contributed by atoms with E-state index in [4.69, 9.17) is 4.74 Å². The largest absolute Gasteiger partial charge is 0.497 e. The molecule has 5 heteroatoms. The van der Waals surface area contributed by atoms with E-state index in [1.165, 1.54) is 13.2 Å². The van der Waals surface area contributed by atoms with Gasteiger partial charge in [-0.05, 0) is 35.4 Å². The van der Waals surface area contributed by atoms with Crippen LogP contribution < -0.4 is 4.74 Å². The summed E-state index contributed by atoms with van der Waals surface area (Å²) in [6.45, 7) is 0. The molecule has 0 spiro atoms. The molecule has 0 aliphatic heterocycles. The van der Waals surface area contributed by atoms with Crippen LogP contribution in [0.1, 0.15) is 5.56 Å². The van der Waals surface area contributed by atoms with Gasteiger partial charge in [0.05, 0.1) is 12.7 Å². The van der Waals surface area contributed by atoms with Crippen molar-refractivity contribution in [3.05, 3.63) is 53.8 Å². The third kappa shape index (κ3) is 2.86. The predicted octanol–water partition coefficient (Wildman–Crippen LogP) is 4.52. The first-order chi connectivity index (χ1) is 8.91. The number of hydrogen-bond acceptors (Lipinski definition) is 1. The van der Waals surface area contributed by atoms with Gasteiger partial charge in [0, 0.05) is 0 Å². The van der Waals surface area contributed by atoms with Gasteiger partial charge < -0.3 is 4.74 Å². The van der Waals surface area contributed by atoms with Crippen molar-refractivity contribution >= 4 is 0 Å². The highest BCUT2D eigenvalue weighted by atomic mass is 19.4. The summed E-state index contributed by atoms with van der Waals surface area (Å²) in [5, 5.41) is 0. The molecular weight excluding hydrogens is 260 g/mol. The second kappa shape index (κ2) is 4.91. The molecule has 0 atom stereocenters. The number of benzene rings is 2. The number of methoxy groups -OCH3 is 1. The first kappa shape index (κ1) is 13.4. The van der Waals surface area contributed by atoms with Gasteiger partial charge >= 0.3 is 6.18 Å². The van der Waals surface area contributed by atoms with E-state index in [1.807, 2.05) is 0 Å². The van der Waals surface area contributed by atoms with Gasteiger partial charge in [0.1, 0.15) is 11.6 Å². The van der Waals surface area contributed by atoms with E-state index in [0.717, 1.165) is 12.1 Å². The Morgan fingerprint density at radius 1 is 0.947 bits per heavy atom. The lowest BCUT2D eigenvalue weighted by atomic mass is 10.0. The molecule has 0 bridgehead atoms. The second-order valence-corrected chi connectivity index (χ2v) is 3.92. The third-order valence-corrected chi connectivity index (χ3v) is 2.67. The van der Waals surface area contributed by atoms with Crippen LogP contribution >= 0.6 is 0 Å². The van der Waals surface area contributed by atoms with Crippen LogP contribution in [0.2, 0.25) is 0 Å². The predicted molar refractivity (Wildman–Crippen MR) is 63.4 cm³/mol. The van der Waals surface area contributed by atoms with Crippen molar-refractivity contribution in [3.8, 4) is 16.9 Å². The average Bonchev–Trinajstić information content (AvgIpc) is 2.38. The van der Waals surface area contributed by atoms with Crippen LogP contribution in [0.25, 0.3) is 11.1 Å². The van der Waals surface area contributed by atoms with E-state index in [9.17, 15) is 17.6 Å². The quantitative estimate of drug-likeness (QED) is 0.729. The zero-order chi connectivity index (χ0) is 14.0. The fourth-order valence-electron chi connectivity index (χ4n) is 1.72. The lowest BCUT2D eigenvalue weighted by Crippen LogP contribution is -2.08. The first-order valence-corrected chi connectivity index (χ1v) is 5.43. The van der Waals surface area contributed by atoms with Crippen molar-refractivity contribution in [1.82, 2.24) is 0 Å². The molecule has 2 rings (SSSR count). The highest BCUT2D eigenvalue weighted by Gasteiger charge is 2.34. The molecule has 0 saturated heterocycles. The average molecular weight is 270 g/mol. The van der Waals surface area contributed by atoms with Crippen molar-refractivity contribution in [1.29, 1.82) is 0 Å². The lowest BCUT2D eigenvalue weighted by Gasteiger charge is -2.10. The van der Waals surface area contributed by atoms with Gasteiger partial charge in [-0.25, -0.2) is 4.39 Å². The summed E-state index contributed by atoms with van der Waals surface area (Å²) in [7, 11) is 1.46. The lowest BCUT2D eigenvalue weighted by molar-refractivity contribution is -0.139. The van der Waals surface area contributed by atoms with E-state index >= 15 is 0 Å². The summed E-state index contributed by atoms with van der Waals surface area (Å²) in [4.78, 5) is 0. The highest BCUT2D eigenvalue weighted by molar-refractivity contribution is 5.66. The molecule has 0 amide bonds. The van der Waals surface area contributed by atoms with Crippen LogP contribution in [0.4, 0.5) is 17.6 Å². The normalized spacial score (nSPS) is 11.4. The summed E-state index contributed by atoms with van der Waals surface area (Å²) < 4.78 is 56.1. The second-order valence-electron chi connectivity index (χ2n) is 3.92.